The molecule has 1 rings (SSSR count). The molecule has 90 valence electrons. The summed E-state index contributed by atoms with van der Waals surface area (Å²) in [6, 6.07) is 2.30. The summed E-state index contributed by atoms with van der Waals surface area (Å²) in [6.07, 6.45) is 4.72. The highest BCUT2D eigenvalue weighted by molar-refractivity contribution is 9.10. The molecule has 1 heterocycles. The molecular weight excluding hydrogens is 268 g/mol. The van der Waals surface area contributed by atoms with Crippen molar-refractivity contribution < 1.29 is 4.74 Å². The maximum absolute atomic E-state index is 5.59. The molecule has 1 atom stereocenters. The molecule has 0 aromatic carbocycles. The molecule has 1 aromatic rings. The van der Waals surface area contributed by atoms with E-state index in [-0.39, 0.29) is 6.04 Å². The van der Waals surface area contributed by atoms with Crippen molar-refractivity contribution >= 4 is 15.9 Å². The SMILES string of the molecule is CCCOCC(NCC)c1cncc(Br)c1. The Hall–Kier alpha value is -0.450. The topological polar surface area (TPSA) is 34.1 Å². The number of likely N-dealkylation sites (N-methyl/N-ethyl adjacent to an activating group) is 1. The fourth-order valence-electron chi connectivity index (χ4n) is 1.48. The van der Waals surface area contributed by atoms with Gasteiger partial charge in [-0.3, -0.25) is 4.98 Å². The highest BCUT2D eigenvalue weighted by Crippen LogP contribution is 2.17. The van der Waals surface area contributed by atoms with Crippen LogP contribution < -0.4 is 5.32 Å². The zero-order valence-electron chi connectivity index (χ0n) is 9.87. The molecule has 1 N–H and O–H groups in total. The van der Waals surface area contributed by atoms with Crippen molar-refractivity contribution in [1.29, 1.82) is 0 Å². The van der Waals surface area contributed by atoms with Crippen LogP contribution in [0.1, 0.15) is 31.9 Å². The monoisotopic (exact) mass is 286 g/mol. The number of hydrogen-bond donors (Lipinski definition) is 1. The van der Waals surface area contributed by atoms with E-state index in [1.54, 1.807) is 6.20 Å². The molecule has 3 nitrogen and oxygen atoms in total. The van der Waals surface area contributed by atoms with E-state index in [2.05, 4.69) is 46.1 Å². The summed E-state index contributed by atoms with van der Waals surface area (Å²) in [5, 5.41) is 3.40. The maximum Gasteiger partial charge on any atom is 0.0662 e. The Bertz CT molecular complexity index is 307. The minimum absolute atomic E-state index is 0.224. The Morgan fingerprint density at radius 3 is 2.88 bits per heavy atom. The normalized spacial score (nSPS) is 12.7. The molecule has 0 aliphatic rings. The first-order chi connectivity index (χ1) is 7.77. The average Bonchev–Trinajstić information content (AvgIpc) is 2.28. The molecule has 16 heavy (non-hydrogen) atoms. The van der Waals surface area contributed by atoms with Gasteiger partial charge in [-0.15, -0.1) is 0 Å². The zero-order chi connectivity index (χ0) is 11.8. The Morgan fingerprint density at radius 2 is 2.25 bits per heavy atom. The first-order valence-electron chi connectivity index (χ1n) is 5.69. The molecule has 0 saturated carbocycles. The van der Waals surface area contributed by atoms with E-state index in [0.29, 0.717) is 6.61 Å². The highest BCUT2D eigenvalue weighted by Gasteiger charge is 2.10. The number of nitrogens with zero attached hydrogens (tertiary/aromatic N) is 1. The van der Waals surface area contributed by atoms with Crippen molar-refractivity contribution in [2.45, 2.75) is 26.3 Å². The predicted octanol–water partition coefficient (Wildman–Crippen LogP) is 2.92. The van der Waals surface area contributed by atoms with E-state index < -0.39 is 0 Å². The molecule has 0 fully saturated rings. The van der Waals surface area contributed by atoms with Gasteiger partial charge in [-0.05, 0) is 40.5 Å². The smallest absolute Gasteiger partial charge is 0.0662 e. The van der Waals surface area contributed by atoms with Gasteiger partial charge in [0.2, 0.25) is 0 Å². The van der Waals surface area contributed by atoms with Gasteiger partial charge in [0.1, 0.15) is 0 Å². The second kappa shape index (κ2) is 7.76. The second-order valence-corrected chi connectivity index (χ2v) is 4.54. The number of ether oxygens (including phenoxy) is 1. The van der Waals surface area contributed by atoms with Crippen molar-refractivity contribution in [1.82, 2.24) is 10.3 Å². The van der Waals surface area contributed by atoms with Crippen molar-refractivity contribution in [2.24, 2.45) is 0 Å². The number of nitrogens with one attached hydrogen (secondary N) is 1. The first kappa shape index (κ1) is 13.6. The minimum atomic E-state index is 0.224. The summed E-state index contributed by atoms with van der Waals surface area (Å²) in [4.78, 5) is 4.17. The molecule has 0 aliphatic heterocycles. The number of hydrogen-bond acceptors (Lipinski definition) is 3. The van der Waals surface area contributed by atoms with Gasteiger partial charge in [0.15, 0.2) is 0 Å². The van der Waals surface area contributed by atoms with Crippen LogP contribution in [0.3, 0.4) is 0 Å². The van der Waals surface area contributed by atoms with Crippen LogP contribution >= 0.6 is 15.9 Å². The van der Waals surface area contributed by atoms with Crippen LogP contribution in [0.15, 0.2) is 22.9 Å². The average molecular weight is 287 g/mol. The largest absolute Gasteiger partial charge is 0.379 e. The lowest BCUT2D eigenvalue weighted by atomic mass is 10.1. The van der Waals surface area contributed by atoms with Crippen LogP contribution in [0.4, 0.5) is 0 Å². The van der Waals surface area contributed by atoms with Crippen LogP contribution in [-0.2, 0) is 4.74 Å². The Kier molecular flexibility index (Phi) is 6.61. The van der Waals surface area contributed by atoms with Gasteiger partial charge in [0.25, 0.3) is 0 Å². The number of aromatic nitrogens is 1. The van der Waals surface area contributed by atoms with Gasteiger partial charge in [-0.25, -0.2) is 0 Å². The summed E-state index contributed by atoms with van der Waals surface area (Å²) in [5.41, 5.74) is 1.16. The van der Waals surface area contributed by atoms with Crippen molar-refractivity contribution in [2.75, 3.05) is 19.8 Å². The summed E-state index contributed by atoms with van der Waals surface area (Å²) >= 11 is 3.43. The lowest BCUT2D eigenvalue weighted by Crippen LogP contribution is -2.25. The quantitative estimate of drug-likeness (QED) is 0.783. The molecule has 0 amide bonds. The van der Waals surface area contributed by atoms with E-state index in [9.17, 15) is 0 Å². The van der Waals surface area contributed by atoms with E-state index >= 15 is 0 Å². The fraction of sp³-hybridized carbons (Fsp3) is 0.583. The molecule has 1 unspecified atom stereocenters. The lowest BCUT2D eigenvalue weighted by molar-refractivity contribution is 0.112. The number of pyridine rings is 1. The van der Waals surface area contributed by atoms with E-state index in [1.165, 1.54) is 0 Å². The Labute approximate surface area is 106 Å². The van der Waals surface area contributed by atoms with Gasteiger partial charge in [0, 0.05) is 23.5 Å². The van der Waals surface area contributed by atoms with Gasteiger partial charge >= 0.3 is 0 Å². The van der Waals surface area contributed by atoms with Gasteiger partial charge in [-0.2, -0.15) is 0 Å². The van der Waals surface area contributed by atoms with Crippen LogP contribution in [0.2, 0.25) is 0 Å². The lowest BCUT2D eigenvalue weighted by Gasteiger charge is -2.18. The predicted molar refractivity (Wildman–Crippen MR) is 69.5 cm³/mol. The van der Waals surface area contributed by atoms with Crippen molar-refractivity contribution in [3.8, 4) is 0 Å². The van der Waals surface area contributed by atoms with Crippen LogP contribution in [0.5, 0.6) is 0 Å². The van der Waals surface area contributed by atoms with Gasteiger partial charge < -0.3 is 10.1 Å². The third-order valence-corrected chi connectivity index (χ3v) is 2.65. The number of halogens is 1. The maximum atomic E-state index is 5.59. The standard InChI is InChI=1S/C12H19BrN2O/c1-3-5-16-9-12(15-4-2)10-6-11(13)8-14-7-10/h6-8,12,15H,3-5,9H2,1-2H3. The molecule has 0 radical (unpaired) electrons. The Morgan fingerprint density at radius 1 is 1.44 bits per heavy atom. The van der Waals surface area contributed by atoms with Crippen LogP contribution in [0, 0.1) is 0 Å². The zero-order valence-corrected chi connectivity index (χ0v) is 11.5. The van der Waals surface area contributed by atoms with E-state index in [4.69, 9.17) is 4.74 Å². The summed E-state index contributed by atoms with van der Waals surface area (Å²) in [7, 11) is 0. The second-order valence-electron chi connectivity index (χ2n) is 3.62. The molecule has 0 aliphatic carbocycles. The van der Waals surface area contributed by atoms with Gasteiger partial charge in [-0.1, -0.05) is 13.8 Å². The third kappa shape index (κ3) is 4.60. The van der Waals surface area contributed by atoms with E-state index in [0.717, 1.165) is 29.6 Å². The summed E-state index contributed by atoms with van der Waals surface area (Å²) in [6.45, 7) is 6.64. The molecule has 1 aromatic heterocycles. The van der Waals surface area contributed by atoms with Crippen LogP contribution in [-0.4, -0.2) is 24.7 Å². The molecule has 4 heteroatoms. The molecule has 0 spiro atoms. The summed E-state index contributed by atoms with van der Waals surface area (Å²) < 4.78 is 6.59. The Balaban J connectivity index is 2.61. The molecule has 0 saturated heterocycles. The third-order valence-electron chi connectivity index (χ3n) is 2.21. The summed E-state index contributed by atoms with van der Waals surface area (Å²) in [5.74, 6) is 0. The molecule has 0 bridgehead atoms. The highest BCUT2D eigenvalue weighted by atomic mass is 79.9. The minimum Gasteiger partial charge on any atom is -0.379 e. The van der Waals surface area contributed by atoms with E-state index in [1.807, 2.05) is 6.20 Å². The fourth-order valence-corrected chi connectivity index (χ4v) is 1.87. The van der Waals surface area contributed by atoms with Crippen molar-refractivity contribution in [3.05, 3.63) is 28.5 Å². The first-order valence-corrected chi connectivity index (χ1v) is 6.48. The van der Waals surface area contributed by atoms with Crippen molar-refractivity contribution in [3.63, 3.8) is 0 Å². The molecular formula is C12H19BrN2O. The van der Waals surface area contributed by atoms with Crippen LogP contribution in [0.25, 0.3) is 0 Å². The number of rotatable bonds is 7. The van der Waals surface area contributed by atoms with Gasteiger partial charge in [0.05, 0.1) is 12.6 Å².